The summed E-state index contributed by atoms with van der Waals surface area (Å²) in [6.07, 6.45) is 1.07. The number of benzene rings is 1. The first kappa shape index (κ1) is 28.4. The van der Waals surface area contributed by atoms with Crippen LogP contribution in [-0.4, -0.2) is 41.6 Å². The lowest BCUT2D eigenvalue weighted by Gasteiger charge is -2.59. The Morgan fingerprint density at radius 1 is 1.22 bits per heavy atom. The number of anilines is 1. The van der Waals surface area contributed by atoms with Crippen molar-refractivity contribution >= 4 is 16.0 Å². The third-order valence-corrected chi connectivity index (χ3v) is 10.1. The molecule has 0 bridgehead atoms. The summed E-state index contributed by atoms with van der Waals surface area (Å²) in [4.78, 5) is 0. The number of rotatable bonds is 8. The summed E-state index contributed by atoms with van der Waals surface area (Å²) in [5, 5.41) is 20.2. The van der Waals surface area contributed by atoms with Crippen molar-refractivity contribution in [1.82, 2.24) is 0 Å². The number of allylic oxidation sites excluding steroid dienone is 2. The Hall–Kier alpha value is -1.62. The zero-order valence-electron chi connectivity index (χ0n) is 21.4. The zero-order chi connectivity index (χ0) is 27.2. The monoisotopic (exact) mass is 545 g/mol. The van der Waals surface area contributed by atoms with Gasteiger partial charge in [-0.2, -0.15) is 21.6 Å². The van der Waals surface area contributed by atoms with Gasteiger partial charge < -0.3 is 10.2 Å². The van der Waals surface area contributed by atoms with Gasteiger partial charge in [-0.25, -0.2) is 0 Å². The van der Waals surface area contributed by atoms with E-state index < -0.39 is 22.6 Å². The van der Waals surface area contributed by atoms with E-state index in [1.165, 1.54) is 5.57 Å². The lowest BCUT2D eigenvalue weighted by molar-refractivity contribution is -0.205. The molecule has 2 saturated carbocycles. The number of hydrogen-bond acceptors (Lipinski definition) is 4. The molecule has 0 aromatic heterocycles. The van der Waals surface area contributed by atoms with Crippen molar-refractivity contribution in [2.75, 3.05) is 4.72 Å². The fourth-order valence-corrected chi connectivity index (χ4v) is 8.18. The number of alkyl halides is 3. The normalized spacial score (nSPS) is 32.9. The molecule has 0 radical (unpaired) electrons. The number of halogens is 3. The van der Waals surface area contributed by atoms with Gasteiger partial charge in [0.05, 0.1) is 11.8 Å². The average Bonchev–Trinajstić information content (AvgIpc) is 3.11. The number of fused-ring (bicyclic) bond motifs is 5. The van der Waals surface area contributed by atoms with Crippen LogP contribution in [0.15, 0.2) is 29.8 Å². The minimum Gasteiger partial charge on any atom is -0.393 e. The second kappa shape index (κ2) is 10.2. The van der Waals surface area contributed by atoms with E-state index in [1.54, 1.807) is 12.1 Å². The van der Waals surface area contributed by atoms with Crippen LogP contribution in [0, 0.1) is 16.7 Å². The lowest BCUT2D eigenvalue weighted by atomic mass is 9.45. The first-order valence-corrected chi connectivity index (χ1v) is 14.6. The first-order chi connectivity index (χ1) is 17.2. The Morgan fingerprint density at radius 3 is 2.62 bits per heavy atom. The van der Waals surface area contributed by atoms with Gasteiger partial charge in [0.1, 0.15) is 6.10 Å². The molecule has 0 heterocycles. The summed E-state index contributed by atoms with van der Waals surface area (Å²) in [6.45, 7) is 4.31. The quantitative estimate of drug-likeness (QED) is 0.184. The molecule has 4 rings (SSSR count). The largest absolute Gasteiger partial charge is 0.414 e. The fraction of sp³-hybridized carbons (Fsp3) is 0.704. The van der Waals surface area contributed by atoms with E-state index in [0.717, 1.165) is 49.7 Å². The Bertz CT molecular complexity index is 1140. The highest BCUT2D eigenvalue weighted by molar-refractivity contribution is 7.87. The van der Waals surface area contributed by atoms with Crippen molar-refractivity contribution in [1.29, 1.82) is 0 Å². The Morgan fingerprint density at radius 2 is 1.95 bits per heavy atom. The van der Waals surface area contributed by atoms with E-state index in [0.29, 0.717) is 18.5 Å². The van der Waals surface area contributed by atoms with Crippen LogP contribution in [-0.2, 0) is 16.7 Å². The number of nitrogens with one attached hydrogen (secondary N) is 1. The summed E-state index contributed by atoms with van der Waals surface area (Å²) in [7, 11) is -4.37. The zero-order valence-corrected chi connectivity index (χ0v) is 22.2. The van der Waals surface area contributed by atoms with Gasteiger partial charge in [-0.1, -0.05) is 31.1 Å². The molecule has 0 amide bonds. The van der Waals surface area contributed by atoms with Gasteiger partial charge in [0.25, 0.3) is 0 Å². The highest BCUT2D eigenvalue weighted by Gasteiger charge is 2.62. The van der Waals surface area contributed by atoms with Crippen molar-refractivity contribution in [3.63, 3.8) is 0 Å². The van der Waals surface area contributed by atoms with Crippen LogP contribution in [0.25, 0.3) is 0 Å². The van der Waals surface area contributed by atoms with Gasteiger partial charge in [-0.3, -0.25) is 9.27 Å². The third-order valence-electron chi connectivity index (χ3n) is 9.57. The molecule has 3 aliphatic rings. The molecule has 0 spiro atoms. The first-order valence-electron chi connectivity index (χ1n) is 13.2. The van der Waals surface area contributed by atoms with Crippen LogP contribution in [0.5, 0.6) is 0 Å². The topological polar surface area (TPSA) is 107 Å². The van der Waals surface area contributed by atoms with Gasteiger partial charge in [0, 0.05) is 5.41 Å². The van der Waals surface area contributed by atoms with E-state index in [-0.39, 0.29) is 41.6 Å². The maximum absolute atomic E-state index is 12.6. The van der Waals surface area contributed by atoms with E-state index in [9.17, 15) is 36.4 Å². The van der Waals surface area contributed by atoms with Gasteiger partial charge >= 0.3 is 16.5 Å². The molecular weight excluding hydrogens is 507 g/mol. The molecule has 0 aliphatic heterocycles. The van der Waals surface area contributed by atoms with Crippen LogP contribution in [0.3, 0.4) is 0 Å². The van der Waals surface area contributed by atoms with Crippen LogP contribution in [0.1, 0.15) is 88.7 Å². The SMILES string of the molecule is CC(=CCCCC[C@H](O)C(F)(F)F)C12CCc3cc(NS(=O)(=O)O)ccc3C1CC[C@@]1(C)C2CC[C@@H]1O. The highest BCUT2D eigenvalue weighted by atomic mass is 32.2. The molecule has 6 nitrogen and oxygen atoms in total. The summed E-state index contributed by atoms with van der Waals surface area (Å²) < 4.78 is 71.7. The van der Waals surface area contributed by atoms with Crippen molar-refractivity contribution in [3.8, 4) is 0 Å². The number of hydrogen-bond donors (Lipinski definition) is 4. The maximum Gasteiger partial charge on any atom is 0.414 e. The van der Waals surface area contributed by atoms with Crippen molar-refractivity contribution in [2.45, 2.75) is 102 Å². The number of aryl methyl sites for hydroxylation is 1. The predicted molar refractivity (Wildman–Crippen MR) is 135 cm³/mol. The molecule has 0 saturated heterocycles. The second-order valence-electron chi connectivity index (χ2n) is 11.5. The van der Waals surface area contributed by atoms with Gasteiger partial charge in [0.2, 0.25) is 0 Å². The Labute approximate surface area is 217 Å². The minimum absolute atomic E-state index is 0.183. The molecule has 1 aromatic rings. The third kappa shape index (κ3) is 5.44. The molecule has 208 valence electrons. The van der Waals surface area contributed by atoms with Gasteiger partial charge in [-0.05, 0) is 105 Å². The van der Waals surface area contributed by atoms with Crippen LogP contribution in [0.2, 0.25) is 0 Å². The molecule has 3 aliphatic carbocycles. The summed E-state index contributed by atoms with van der Waals surface area (Å²) >= 11 is 0. The van der Waals surface area contributed by atoms with E-state index in [1.807, 2.05) is 6.07 Å². The molecule has 10 heteroatoms. The van der Waals surface area contributed by atoms with Crippen LogP contribution >= 0.6 is 0 Å². The standard InChI is InChI=1S/C27H38F3NO5S/c1-17(6-4-3-5-7-24(33)27(28,29)30)26-15-12-18-16-19(31-37(34,35)36)8-9-20(18)21(26)13-14-25(2)22(26)10-11-23(25)32/h6,8-9,16,21-24,31-33H,3-5,7,10-15H2,1-2H3,(H,34,35,36)/t21?,22?,23-,24-,25-,26?/m0/s1. The predicted octanol–water partition coefficient (Wildman–Crippen LogP) is 5.92. The van der Waals surface area contributed by atoms with E-state index in [4.69, 9.17) is 0 Å². The number of aliphatic hydroxyl groups is 2. The summed E-state index contributed by atoms with van der Waals surface area (Å²) in [5.74, 6) is 0.448. The molecular formula is C27H38F3NO5S. The second-order valence-corrected chi connectivity index (χ2v) is 12.7. The van der Waals surface area contributed by atoms with Gasteiger partial charge in [0.15, 0.2) is 0 Å². The molecule has 3 unspecified atom stereocenters. The van der Waals surface area contributed by atoms with Crippen LogP contribution in [0.4, 0.5) is 18.9 Å². The fourth-order valence-electron chi connectivity index (χ4n) is 7.76. The smallest absolute Gasteiger partial charge is 0.393 e. The van der Waals surface area contributed by atoms with E-state index >= 15 is 0 Å². The molecule has 4 N–H and O–H groups in total. The highest BCUT2D eigenvalue weighted by Crippen LogP contribution is 2.69. The minimum atomic E-state index is -4.58. The Kier molecular flexibility index (Phi) is 7.80. The molecule has 2 fully saturated rings. The summed E-state index contributed by atoms with van der Waals surface area (Å²) in [5.41, 5.74) is 3.35. The lowest BCUT2D eigenvalue weighted by Crippen LogP contribution is -2.52. The average molecular weight is 546 g/mol. The number of aliphatic hydroxyl groups excluding tert-OH is 2. The van der Waals surface area contributed by atoms with Crippen molar-refractivity contribution in [3.05, 3.63) is 41.0 Å². The molecule has 1 aromatic carbocycles. The molecule has 37 heavy (non-hydrogen) atoms. The Balaban J connectivity index is 1.61. The van der Waals surface area contributed by atoms with Crippen LogP contribution < -0.4 is 4.72 Å². The molecule has 6 atom stereocenters. The maximum atomic E-state index is 12.6. The number of unbranched alkanes of at least 4 members (excludes halogenated alkanes) is 2. The van der Waals surface area contributed by atoms with Gasteiger partial charge in [-0.15, -0.1) is 0 Å². The van der Waals surface area contributed by atoms with Crippen molar-refractivity contribution < 1.29 is 36.4 Å². The summed E-state index contributed by atoms with van der Waals surface area (Å²) in [6, 6.07) is 5.40. The van der Waals surface area contributed by atoms with E-state index in [2.05, 4.69) is 24.6 Å². The van der Waals surface area contributed by atoms with Crippen molar-refractivity contribution in [2.24, 2.45) is 16.7 Å².